The highest BCUT2D eigenvalue weighted by Crippen LogP contribution is 2.49. The maximum atomic E-state index is 12.7. The number of carbonyl (C=O) groups is 2. The van der Waals surface area contributed by atoms with Gasteiger partial charge in [-0.25, -0.2) is 0 Å². The van der Waals surface area contributed by atoms with Gasteiger partial charge in [0, 0.05) is 19.0 Å². The fraction of sp³-hybridized carbons (Fsp3) is 0.875. The van der Waals surface area contributed by atoms with Crippen LogP contribution >= 0.6 is 0 Å². The fourth-order valence-electron chi connectivity index (χ4n) is 4.81. The van der Waals surface area contributed by atoms with Crippen molar-refractivity contribution >= 4 is 11.9 Å². The van der Waals surface area contributed by atoms with E-state index < -0.39 is 11.4 Å². The van der Waals surface area contributed by atoms with E-state index in [1.165, 1.54) is 19.3 Å². The lowest BCUT2D eigenvalue weighted by atomic mass is 9.82. The first-order valence-electron chi connectivity index (χ1n) is 8.08. The highest BCUT2D eigenvalue weighted by atomic mass is 16.4. The summed E-state index contributed by atoms with van der Waals surface area (Å²) >= 11 is 0. The summed E-state index contributed by atoms with van der Waals surface area (Å²) in [5.41, 5.74) is -0.679. The lowest BCUT2D eigenvalue weighted by Crippen LogP contribution is -2.40. The Labute approximate surface area is 120 Å². The third-order valence-corrected chi connectivity index (χ3v) is 5.90. The molecular weight excluding hydrogens is 254 g/mol. The van der Waals surface area contributed by atoms with Crippen molar-refractivity contribution in [2.75, 3.05) is 13.1 Å². The zero-order valence-electron chi connectivity index (χ0n) is 12.3. The molecule has 4 unspecified atom stereocenters. The van der Waals surface area contributed by atoms with Gasteiger partial charge < -0.3 is 10.0 Å². The molecule has 0 aromatic rings. The van der Waals surface area contributed by atoms with E-state index in [1.54, 1.807) is 0 Å². The second-order valence-corrected chi connectivity index (χ2v) is 7.13. The summed E-state index contributed by atoms with van der Waals surface area (Å²) < 4.78 is 0. The van der Waals surface area contributed by atoms with E-state index in [1.807, 2.05) is 11.8 Å². The zero-order chi connectivity index (χ0) is 14.3. The summed E-state index contributed by atoms with van der Waals surface area (Å²) in [6.07, 6.45) is 6.95. The molecule has 20 heavy (non-hydrogen) atoms. The van der Waals surface area contributed by atoms with Gasteiger partial charge in [-0.3, -0.25) is 9.59 Å². The molecule has 1 amide bonds. The molecule has 3 fully saturated rings. The van der Waals surface area contributed by atoms with Gasteiger partial charge >= 0.3 is 5.97 Å². The number of rotatable bonds is 4. The highest BCUT2D eigenvalue weighted by molar-refractivity contribution is 5.82. The van der Waals surface area contributed by atoms with Crippen LogP contribution in [0.25, 0.3) is 0 Å². The molecular formula is C16H25NO3. The predicted molar refractivity (Wildman–Crippen MR) is 75.1 cm³/mol. The third kappa shape index (κ3) is 2.13. The van der Waals surface area contributed by atoms with Gasteiger partial charge in [-0.05, 0) is 43.9 Å². The molecule has 1 saturated heterocycles. The summed E-state index contributed by atoms with van der Waals surface area (Å²) in [5.74, 6) is 1.06. The maximum Gasteiger partial charge on any atom is 0.311 e. The molecule has 1 aliphatic heterocycles. The molecule has 4 atom stereocenters. The van der Waals surface area contributed by atoms with E-state index in [2.05, 4.69) is 0 Å². The van der Waals surface area contributed by atoms with Crippen LogP contribution in [0.4, 0.5) is 0 Å². The van der Waals surface area contributed by atoms with Crippen LogP contribution in [0.3, 0.4) is 0 Å². The highest BCUT2D eigenvalue weighted by Gasteiger charge is 2.49. The van der Waals surface area contributed by atoms with Crippen LogP contribution in [0.1, 0.15) is 51.9 Å². The van der Waals surface area contributed by atoms with Crippen molar-refractivity contribution in [3.8, 4) is 0 Å². The first kappa shape index (κ1) is 13.9. The second kappa shape index (κ2) is 5.05. The Kier molecular flexibility index (Phi) is 3.51. The maximum absolute atomic E-state index is 12.7. The minimum absolute atomic E-state index is 0.194. The standard InChI is InChI=1S/C16H25NO3/c1-2-5-16(15(19)20)6-7-17(10-16)14(18)13-9-11-3-4-12(13)8-11/h11-13H,2-10H2,1H3,(H,19,20). The molecule has 0 aromatic carbocycles. The van der Waals surface area contributed by atoms with Crippen LogP contribution in [0.2, 0.25) is 0 Å². The second-order valence-electron chi connectivity index (χ2n) is 7.13. The SMILES string of the molecule is CCCC1(C(=O)O)CCN(C(=O)C2CC3CCC2C3)C1. The van der Waals surface area contributed by atoms with E-state index in [0.717, 1.165) is 18.8 Å². The molecule has 0 aromatic heterocycles. The van der Waals surface area contributed by atoms with E-state index in [4.69, 9.17) is 0 Å². The molecule has 112 valence electrons. The van der Waals surface area contributed by atoms with E-state index in [9.17, 15) is 14.7 Å². The van der Waals surface area contributed by atoms with Crippen LogP contribution < -0.4 is 0 Å². The summed E-state index contributed by atoms with van der Waals surface area (Å²) in [7, 11) is 0. The smallest absolute Gasteiger partial charge is 0.311 e. The molecule has 3 aliphatic rings. The van der Waals surface area contributed by atoms with E-state index >= 15 is 0 Å². The Hall–Kier alpha value is -1.06. The third-order valence-electron chi connectivity index (χ3n) is 5.90. The van der Waals surface area contributed by atoms with Gasteiger partial charge in [0.15, 0.2) is 0 Å². The van der Waals surface area contributed by atoms with E-state index in [-0.39, 0.29) is 11.8 Å². The number of hydrogen-bond donors (Lipinski definition) is 1. The molecule has 4 nitrogen and oxygen atoms in total. The Morgan fingerprint density at radius 2 is 2.10 bits per heavy atom. The zero-order valence-corrected chi connectivity index (χ0v) is 12.3. The average Bonchev–Trinajstić information content (AvgIpc) is 3.13. The number of amides is 1. The van der Waals surface area contributed by atoms with Crippen LogP contribution in [0.15, 0.2) is 0 Å². The van der Waals surface area contributed by atoms with Crippen LogP contribution in [0, 0.1) is 23.2 Å². The largest absolute Gasteiger partial charge is 0.481 e. The Balaban J connectivity index is 1.67. The van der Waals surface area contributed by atoms with Gasteiger partial charge in [0.25, 0.3) is 0 Å². The Bertz CT molecular complexity index is 422. The van der Waals surface area contributed by atoms with Gasteiger partial charge in [0.2, 0.25) is 5.91 Å². The summed E-state index contributed by atoms with van der Waals surface area (Å²) in [5, 5.41) is 9.53. The fourth-order valence-corrected chi connectivity index (χ4v) is 4.81. The summed E-state index contributed by atoms with van der Waals surface area (Å²) in [6.45, 7) is 3.09. The number of carboxylic acids is 1. The molecule has 2 saturated carbocycles. The van der Waals surface area contributed by atoms with Crippen molar-refractivity contribution in [2.45, 2.75) is 51.9 Å². The molecule has 1 heterocycles. The van der Waals surface area contributed by atoms with Crippen molar-refractivity contribution in [3.05, 3.63) is 0 Å². The number of nitrogens with zero attached hydrogens (tertiary/aromatic N) is 1. The lowest BCUT2D eigenvalue weighted by molar-refractivity contribution is -0.149. The van der Waals surface area contributed by atoms with Crippen molar-refractivity contribution in [2.24, 2.45) is 23.2 Å². The normalized spacial score (nSPS) is 39.5. The van der Waals surface area contributed by atoms with Crippen LogP contribution in [-0.4, -0.2) is 35.0 Å². The van der Waals surface area contributed by atoms with Gasteiger partial charge in [-0.15, -0.1) is 0 Å². The quantitative estimate of drug-likeness (QED) is 0.860. The molecule has 2 aliphatic carbocycles. The number of likely N-dealkylation sites (tertiary alicyclic amines) is 1. The van der Waals surface area contributed by atoms with Crippen LogP contribution in [0.5, 0.6) is 0 Å². The lowest BCUT2D eigenvalue weighted by Gasteiger charge is -2.28. The van der Waals surface area contributed by atoms with Gasteiger partial charge in [0.1, 0.15) is 0 Å². The number of hydrogen-bond acceptors (Lipinski definition) is 2. The van der Waals surface area contributed by atoms with Gasteiger partial charge in [-0.2, -0.15) is 0 Å². The molecule has 3 rings (SSSR count). The first-order valence-corrected chi connectivity index (χ1v) is 8.08. The average molecular weight is 279 g/mol. The number of aliphatic carboxylic acids is 1. The Morgan fingerprint density at radius 1 is 1.30 bits per heavy atom. The molecule has 0 spiro atoms. The number of fused-ring (bicyclic) bond motifs is 2. The topological polar surface area (TPSA) is 57.6 Å². The first-order chi connectivity index (χ1) is 9.55. The number of carboxylic acid groups (broad SMARTS) is 1. The summed E-state index contributed by atoms with van der Waals surface area (Å²) in [6, 6.07) is 0. The van der Waals surface area contributed by atoms with Gasteiger partial charge in [-0.1, -0.05) is 19.8 Å². The minimum Gasteiger partial charge on any atom is -0.481 e. The van der Waals surface area contributed by atoms with Crippen molar-refractivity contribution < 1.29 is 14.7 Å². The summed E-state index contributed by atoms with van der Waals surface area (Å²) in [4.78, 5) is 26.1. The molecule has 0 radical (unpaired) electrons. The predicted octanol–water partition coefficient (Wildman–Crippen LogP) is 2.53. The van der Waals surface area contributed by atoms with Gasteiger partial charge in [0.05, 0.1) is 5.41 Å². The number of carbonyl (C=O) groups excluding carboxylic acids is 1. The van der Waals surface area contributed by atoms with Crippen molar-refractivity contribution in [1.29, 1.82) is 0 Å². The van der Waals surface area contributed by atoms with Crippen molar-refractivity contribution in [1.82, 2.24) is 4.90 Å². The minimum atomic E-state index is -0.720. The van der Waals surface area contributed by atoms with E-state index in [0.29, 0.717) is 31.8 Å². The molecule has 2 bridgehead atoms. The molecule has 4 heteroatoms. The van der Waals surface area contributed by atoms with Crippen molar-refractivity contribution in [3.63, 3.8) is 0 Å². The van der Waals surface area contributed by atoms with Crippen LogP contribution in [-0.2, 0) is 9.59 Å². The Morgan fingerprint density at radius 3 is 2.65 bits per heavy atom. The monoisotopic (exact) mass is 279 g/mol. The molecule has 1 N–H and O–H groups in total.